The first-order valence-corrected chi connectivity index (χ1v) is 16.0. The van der Waals surface area contributed by atoms with Gasteiger partial charge in [-0.15, -0.1) is 0 Å². The van der Waals surface area contributed by atoms with Gasteiger partial charge in [0.15, 0.2) is 0 Å². The number of allylic oxidation sites excluding steroid dienone is 2. The quantitative estimate of drug-likeness (QED) is 0.215. The van der Waals surface area contributed by atoms with E-state index in [2.05, 4.69) is 70.5 Å². The van der Waals surface area contributed by atoms with Crippen molar-refractivity contribution in [3.05, 3.63) is 11.6 Å². The number of carbonyl (C=O) groups is 1. The predicted octanol–water partition coefficient (Wildman–Crippen LogP) is 7.94. The zero-order chi connectivity index (χ0) is 26.3. The number of halogens is 1. The summed E-state index contributed by atoms with van der Waals surface area (Å²) >= 11 is 3.46. The van der Waals surface area contributed by atoms with Gasteiger partial charge < -0.3 is 9.84 Å². The Morgan fingerprint density at radius 1 is 1.00 bits per heavy atom. The Labute approximate surface area is 228 Å². The summed E-state index contributed by atoms with van der Waals surface area (Å²) in [6, 6.07) is 0. The van der Waals surface area contributed by atoms with Crippen LogP contribution in [-0.2, 0) is 9.53 Å². The van der Waals surface area contributed by atoms with Gasteiger partial charge in [-0.2, -0.15) is 0 Å². The molecule has 4 heteroatoms. The van der Waals surface area contributed by atoms with Crippen LogP contribution in [0.4, 0.5) is 0 Å². The molecule has 0 heterocycles. The van der Waals surface area contributed by atoms with Gasteiger partial charge in [0.1, 0.15) is 6.61 Å². The Bertz CT molecular complexity index is 926. The molecular weight excluding hydrogens is 512 g/mol. The molecule has 0 aliphatic heterocycles. The minimum absolute atomic E-state index is 0.0204. The summed E-state index contributed by atoms with van der Waals surface area (Å²) in [5, 5.41) is 11.7. The molecule has 0 unspecified atom stereocenters. The first kappa shape index (κ1) is 27.2. The van der Waals surface area contributed by atoms with E-state index in [0.29, 0.717) is 41.5 Å². The van der Waals surface area contributed by atoms with Crippen molar-refractivity contribution in [2.24, 2.45) is 56.7 Å². The van der Waals surface area contributed by atoms with Crippen LogP contribution in [0, 0.1) is 56.7 Å². The zero-order valence-corrected chi connectivity index (χ0v) is 25.5. The highest BCUT2D eigenvalue weighted by atomic mass is 79.9. The van der Waals surface area contributed by atoms with Gasteiger partial charge in [0.25, 0.3) is 0 Å². The lowest BCUT2D eigenvalue weighted by Crippen LogP contribution is -2.65. The number of aliphatic hydroxyl groups is 1. The Hall–Kier alpha value is -0.350. The number of alkyl halides is 1. The van der Waals surface area contributed by atoms with Crippen molar-refractivity contribution in [3.8, 4) is 0 Å². The van der Waals surface area contributed by atoms with Gasteiger partial charge in [0, 0.05) is 5.33 Å². The Kier molecular flexibility index (Phi) is 6.68. The Morgan fingerprint density at radius 2 is 1.72 bits per heavy atom. The Balaban J connectivity index is 1.58. The van der Waals surface area contributed by atoms with E-state index < -0.39 is 0 Å². The Morgan fingerprint density at radius 3 is 2.42 bits per heavy atom. The zero-order valence-electron chi connectivity index (χ0n) is 24.0. The molecule has 0 aromatic carbocycles. The van der Waals surface area contributed by atoms with Crippen LogP contribution in [0.25, 0.3) is 0 Å². The monoisotopic (exact) mass is 562 g/mol. The van der Waals surface area contributed by atoms with Gasteiger partial charge >= 0.3 is 5.97 Å². The van der Waals surface area contributed by atoms with Gasteiger partial charge in [0.05, 0.1) is 11.5 Å². The molecule has 36 heavy (non-hydrogen) atoms. The summed E-state index contributed by atoms with van der Waals surface area (Å²) in [6.07, 6.45) is 12.3. The molecule has 4 saturated carbocycles. The van der Waals surface area contributed by atoms with Crippen LogP contribution in [0.1, 0.15) is 106 Å². The molecule has 0 saturated heterocycles. The fraction of sp³-hybridized carbons (Fsp3) is 0.906. The van der Waals surface area contributed by atoms with Gasteiger partial charge in [-0.3, -0.25) is 4.79 Å². The summed E-state index contributed by atoms with van der Waals surface area (Å²) in [5.74, 6) is 2.71. The smallest absolute Gasteiger partial charge is 0.312 e. The second-order valence-corrected chi connectivity index (χ2v) is 15.8. The summed E-state index contributed by atoms with van der Waals surface area (Å²) < 4.78 is 5.90. The van der Waals surface area contributed by atoms with Gasteiger partial charge in [-0.25, -0.2) is 0 Å². The molecule has 5 aliphatic carbocycles. The molecule has 0 spiro atoms. The highest BCUT2D eigenvalue weighted by Gasteiger charge is 2.69. The highest BCUT2D eigenvalue weighted by Crippen LogP contribution is 2.75. The summed E-state index contributed by atoms with van der Waals surface area (Å²) in [7, 11) is 0. The molecule has 5 rings (SSSR count). The van der Waals surface area contributed by atoms with E-state index in [0.717, 1.165) is 44.9 Å². The second kappa shape index (κ2) is 8.83. The molecule has 3 nitrogen and oxygen atoms in total. The second-order valence-electron chi connectivity index (χ2n) is 15.0. The van der Waals surface area contributed by atoms with Gasteiger partial charge in [-0.05, 0) is 109 Å². The van der Waals surface area contributed by atoms with Crippen LogP contribution in [0.2, 0.25) is 0 Å². The SMILES string of the molecule is C[C@H]1[C@H](C)CC[C@]2(C(=O)OCCBr)CC[C@]3(C)C(=CC[C@@H]4[C@@]5(C)CC[C@H](O)C(C)(C)[C@@H]5CC[C@]43C)[C@H]12. The maximum absolute atomic E-state index is 13.8. The van der Waals surface area contributed by atoms with Crippen LogP contribution in [-0.4, -0.2) is 29.1 Å². The lowest BCUT2D eigenvalue weighted by Gasteiger charge is -2.71. The normalized spacial score (nSPS) is 51.6. The summed E-state index contributed by atoms with van der Waals surface area (Å²) in [6.45, 7) is 17.7. The number of aliphatic hydroxyl groups excluding tert-OH is 1. The van der Waals surface area contributed by atoms with Gasteiger partial charge in [-0.1, -0.05) is 76.0 Å². The predicted molar refractivity (Wildman–Crippen MR) is 150 cm³/mol. The average Bonchev–Trinajstić information content (AvgIpc) is 2.83. The lowest BCUT2D eigenvalue weighted by molar-refractivity contribution is -0.207. The number of hydrogen-bond acceptors (Lipinski definition) is 3. The minimum atomic E-state index is -0.347. The number of fused-ring (bicyclic) bond motifs is 7. The molecular formula is C32H51BrO3. The van der Waals surface area contributed by atoms with Crippen LogP contribution in [0.5, 0.6) is 0 Å². The molecule has 5 aliphatic rings. The van der Waals surface area contributed by atoms with E-state index in [1.807, 2.05) is 0 Å². The van der Waals surface area contributed by atoms with Crippen molar-refractivity contribution in [1.29, 1.82) is 0 Å². The molecule has 10 atom stereocenters. The number of hydrogen-bond donors (Lipinski definition) is 1. The van der Waals surface area contributed by atoms with Crippen molar-refractivity contribution >= 4 is 21.9 Å². The number of esters is 1. The van der Waals surface area contributed by atoms with E-state index in [-0.39, 0.29) is 39.1 Å². The third kappa shape index (κ3) is 3.40. The van der Waals surface area contributed by atoms with Crippen LogP contribution >= 0.6 is 15.9 Å². The molecule has 4 fully saturated rings. The molecule has 0 aromatic heterocycles. The van der Waals surface area contributed by atoms with Gasteiger partial charge in [0.2, 0.25) is 0 Å². The van der Waals surface area contributed by atoms with Crippen LogP contribution in [0.3, 0.4) is 0 Å². The summed E-state index contributed by atoms with van der Waals surface area (Å²) in [4.78, 5) is 13.8. The fourth-order valence-corrected chi connectivity index (χ4v) is 11.3. The topological polar surface area (TPSA) is 46.5 Å². The molecule has 0 bridgehead atoms. The third-order valence-electron chi connectivity index (χ3n) is 13.7. The number of carbonyl (C=O) groups excluding carboxylic acids is 1. The van der Waals surface area contributed by atoms with E-state index in [9.17, 15) is 9.90 Å². The molecule has 204 valence electrons. The van der Waals surface area contributed by atoms with Crippen molar-refractivity contribution in [2.75, 3.05) is 11.9 Å². The van der Waals surface area contributed by atoms with E-state index in [4.69, 9.17) is 4.74 Å². The fourth-order valence-electron chi connectivity index (χ4n) is 11.1. The number of rotatable bonds is 3. The summed E-state index contributed by atoms with van der Waals surface area (Å²) in [5.41, 5.74) is 1.86. The third-order valence-corrected chi connectivity index (χ3v) is 14.0. The first-order chi connectivity index (χ1) is 16.8. The maximum Gasteiger partial charge on any atom is 0.312 e. The van der Waals surface area contributed by atoms with Crippen molar-refractivity contribution in [1.82, 2.24) is 0 Å². The first-order valence-electron chi connectivity index (χ1n) is 14.9. The molecule has 0 amide bonds. The van der Waals surface area contributed by atoms with E-state index >= 15 is 0 Å². The van der Waals surface area contributed by atoms with E-state index in [1.54, 1.807) is 5.57 Å². The van der Waals surface area contributed by atoms with E-state index in [1.165, 1.54) is 12.8 Å². The van der Waals surface area contributed by atoms with Crippen LogP contribution < -0.4 is 0 Å². The average molecular weight is 564 g/mol. The lowest BCUT2D eigenvalue weighted by atomic mass is 9.33. The highest BCUT2D eigenvalue weighted by molar-refractivity contribution is 9.09. The molecule has 0 aromatic rings. The largest absolute Gasteiger partial charge is 0.464 e. The standard InChI is InChI=1S/C32H51BrO3/c1-20-10-15-32(27(35)36-19-18-33)17-16-30(6)22(26(32)21(20)2)8-9-24-29(5)13-12-25(34)28(3,4)23(29)11-14-31(24,30)7/h8,20-21,23-26,34H,9-19H2,1-7H3/t20-,21+,23+,24-,25+,26+,29+,30-,31-,32+/m1/s1. The van der Waals surface area contributed by atoms with Crippen molar-refractivity contribution in [2.45, 2.75) is 112 Å². The molecule has 0 radical (unpaired) electrons. The maximum atomic E-state index is 13.8. The van der Waals surface area contributed by atoms with Crippen molar-refractivity contribution < 1.29 is 14.6 Å². The number of ether oxygens (including phenoxy) is 1. The molecule has 1 N–H and O–H groups in total. The van der Waals surface area contributed by atoms with Crippen molar-refractivity contribution in [3.63, 3.8) is 0 Å². The minimum Gasteiger partial charge on any atom is -0.464 e. The van der Waals surface area contributed by atoms with Crippen LogP contribution in [0.15, 0.2) is 11.6 Å².